The maximum absolute atomic E-state index is 5.84. The van der Waals surface area contributed by atoms with Crippen LogP contribution in [0.25, 0.3) is 27.7 Å². The number of piperazine rings is 1. The number of fused-ring (bicyclic) bond motifs is 5. The van der Waals surface area contributed by atoms with E-state index in [4.69, 9.17) is 14.5 Å². The maximum Gasteiger partial charge on any atom is 0.212 e. The first-order valence-electron chi connectivity index (χ1n) is 13.1. The Labute approximate surface area is 220 Å². The van der Waals surface area contributed by atoms with E-state index in [1.807, 2.05) is 42.3 Å². The SMILES string of the molecule is CCOc1cc(-c2ccc(N3C4CCC3CN(Cc3ccc(OC)nc3)C4)nc2)c2c3cn[nH]c3nn2c1. The van der Waals surface area contributed by atoms with E-state index in [9.17, 15) is 0 Å². The molecular formula is C28H30N8O2. The van der Waals surface area contributed by atoms with Crippen LogP contribution in [0.3, 0.4) is 0 Å². The van der Waals surface area contributed by atoms with Gasteiger partial charge >= 0.3 is 0 Å². The van der Waals surface area contributed by atoms with Crippen molar-refractivity contribution < 1.29 is 9.47 Å². The number of likely N-dealkylation sites (tertiary alicyclic amines) is 1. The number of aromatic amines is 1. The molecule has 7 heterocycles. The zero-order chi connectivity index (χ0) is 25.6. The van der Waals surface area contributed by atoms with Gasteiger partial charge in [-0.25, -0.2) is 14.5 Å². The van der Waals surface area contributed by atoms with Crippen molar-refractivity contribution in [2.24, 2.45) is 0 Å². The molecule has 5 aromatic rings. The number of rotatable bonds is 7. The van der Waals surface area contributed by atoms with E-state index in [-0.39, 0.29) is 0 Å². The van der Waals surface area contributed by atoms with Gasteiger partial charge in [0, 0.05) is 61.3 Å². The van der Waals surface area contributed by atoms with Crippen molar-refractivity contribution >= 4 is 22.4 Å². The Kier molecular flexibility index (Phi) is 5.61. The molecule has 38 heavy (non-hydrogen) atoms. The predicted octanol–water partition coefficient (Wildman–Crippen LogP) is 3.93. The van der Waals surface area contributed by atoms with Gasteiger partial charge in [-0.2, -0.15) is 5.10 Å². The van der Waals surface area contributed by atoms with Crippen LogP contribution in [-0.4, -0.2) is 73.6 Å². The number of aromatic nitrogens is 6. The summed E-state index contributed by atoms with van der Waals surface area (Å²) in [7, 11) is 1.65. The fourth-order valence-electron chi connectivity index (χ4n) is 6.08. The van der Waals surface area contributed by atoms with Crippen LogP contribution in [0.2, 0.25) is 0 Å². The van der Waals surface area contributed by atoms with E-state index in [1.165, 1.54) is 18.4 Å². The van der Waals surface area contributed by atoms with Gasteiger partial charge in [0.25, 0.3) is 0 Å². The minimum Gasteiger partial charge on any atom is -0.492 e. The monoisotopic (exact) mass is 510 g/mol. The Morgan fingerprint density at radius 3 is 2.61 bits per heavy atom. The zero-order valence-electron chi connectivity index (χ0n) is 21.5. The second-order valence-corrected chi connectivity index (χ2v) is 10.0. The Morgan fingerprint density at radius 2 is 1.89 bits per heavy atom. The van der Waals surface area contributed by atoms with Crippen LogP contribution in [0.15, 0.2) is 55.1 Å². The van der Waals surface area contributed by atoms with Crippen LogP contribution in [0, 0.1) is 0 Å². The molecule has 5 aromatic heterocycles. The Morgan fingerprint density at radius 1 is 1.03 bits per heavy atom. The number of nitrogens with zero attached hydrogens (tertiary/aromatic N) is 7. The quantitative estimate of drug-likeness (QED) is 0.352. The molecule has 0 spiro atoms. The molecule has 2 aliphatic rings. The minimum absolute atomic E-state index is 0.465. The molecule has 2 atom stereocenters. The number of hydrogen-bond donors (Lipinski definition) is 1. The smallest absolute Gasteiger partial charge is 0.212 e. The van der Waals surface area contributed by atoms with E-state index >= 15 is 0 Å². The van der Waals surface area contributed by atoms with Gasteiger partial charge in [0.1, 0.15) is 11.6 Å². The van der Waals surface area contributed by atoms with Gasteiger partial charge < -0.3 is 14.4 Å². The molecule has 2 saturated heterocycles. The number of ether oxygens (including phenoxy) is 2. The number of nitrogens with one attached hydrogen (secondary N) is 1. The van der Waals surface area contributed by atoms with Crippen molar-refractivity contribution in [3.8, 4) is 22.8 Å². The molecule has 2 aliphatic heterocycles. The third kappa shape index (κ3) is 3.92. The summed E-state index contributed by atoms with van der Waals surface area (Å²) in [5, 5.41) is 12.8. The first-order valence-corrected chi connectivity index (χ1v) is 13.1. The summed E-state index contributed by atoms with van der Waals surface area (Å²) in [4.78, 5) is 14.4. The van der Waals surface area contributed by atoms with Crippen LogP contribution in [-0.2, 0) is 6.54 Å². The Hall–Kier alpha value is -4.18. The molecule has 2 unspecified atom stereocenters. The van der Waals surface area contributed by atoms with Crippen LogP contribution >= 0.6 is 0 Å². The second kappa shape index (κ2) is 9.29. The zero-order valence-corrected chi connectivity index (χ0v) is 21.5. The lowest BCUT2D eigenvalue weighted by atomic mass is 10.1. The highest BCUT2D eigenvalue weighted by atomic mass is 16.5. The van der Waals surface area contributed by atoms with E-state index in [0.29, 0.717) is 24.6 Å². The fourth-order valence-corrected chi connectivity index (χ4v) is 6.08. The molecule has 2 fully saturated rings. The van der Waals surface area contributed by atoms with Gasteiger partial charge in [0.2, 0.25) is 5.88 Å². The van der Waals surface area contributed by atoms with E-state index in [0.717, 1.165) is 58.9 Å². The highest BCUT2D eigenvalue weighted by Gasteiger charge is 2.40. The van der Waals surface area contributed by atoms with Crippen molar-refractivity contribution in [1.29, 1.82) is 0 Å². The Bertz CT molecular complexity index is 1560. The molecule has 0 amide bonds. The summed E-state index contributed by atoms with van der Waals surface area (Å²) in [5.41, 5.74) is 5.02. The van der Waals surface area contributed by atoms with Crippen LogP contribution < -0.4 is 14.4 Å². The highest BCUT2D eigenvalue weighted by molar-refractivity contribution is 6.00. The lowest BCUT2D eigenvalue weighted by molar-refractivity contribution is 0.211. The minimum atomic E-state index is 0.465. The van der Waals surface area contributed by atoms with E-state index < -0.39 is 0 Å². The summed E-state index contributed by atoms with van der Waals surface area (Å²) in [5.74, 6) is 2.48. The summed E-state index contributed by atoms with van der Waals surface area (Å²) < 4.78 is 12.9. The molecular weight excluding hydrogens is 480 g/mol. The van der Waals surface area contributed by atoms with Crippen LogP contribution in [0.1, 0.15) is 25.3 Å². The summed E-state index contributed by atoms with van der Waals surface area (Å²) in [6.07, 6.45) is 10.0. The first kappa shape index (κ1) is 23.0. The second-order valence-electron chi connectivity index (χ2n) is 10.0. The van der Waals surface area contributed by atoms with Gasteiger partial charge in [-0.3, -0.25) is 10.00 Å². The molecule has 1 N–H and O–H groups in total. The van der Waals surface area contributed by atoms with E-state index in [2.05, 4.69) is 54.3 Å². The average Bonchev–Trinajstić information content (AvgIpc) is 3.60. The molecule has 0 aromatic carbocycles. The maximum atomic E-state index is 5.84. The highest BCUT2D eigenvalue weighted by Crippen LogP contribution is 2.37. The number of H-pyrrole nitrogens is 1. The Balaban J connectivity index is 1.14. The van der Waals surface area contributed by atoms with Crippen molar-refractivity contribution in [3.05, 3.63) is 60.7 Å². The average molecular weight is 511 g/mol. The van der Waals surface area contributed by atoms with Crippen LogP contribution in [0.4, 0.5) is 5.82 Å². The normalized spacial score (nSPS) is 19.5. The lowest BCUT2D eigenvalue weighted by Crippen LogP contribution is -2.53. The summed E-state index contributed by atoms with van der Waals surface area (Å²) >= 11 is 0. The van der Waals surface area contributed by atoms with Crippen molar-refractivity contribution in [3.63, 3.8) is 0 Å². The standard InChI is InChI=1S/C28H30N8O2/c1-3-38-22-10-23(27-24-13-31-32-28(24)33-35(27)17-22)19-5-8-25(29-12-19)36-20-6-7-21(36)16-34(15-20)14-18-4-9-26(37-2)30-11-18/h4-5,8-13,17,20-21H,3,6-7,14-16H2,1-2H3,(H,32,33). The molecule has 10 heteroatoms. The molecule has 2 bridgehead atoms. The molecule has 7 rings (SSSR count). The molecule has 0 radical (unpaired) electrons. The molecule has 0 saturated carbocycles. The van der Waals surface area contributed by atoms with Gasteiger partial charge in [0.15, 0.2) is 5.65 Å². The predicted molar refractivity (Wildman–Crippen MR) is 145 cm³/mol. The fraction of sp³-hybridized carbons (Fsp3) is 0.357. The number of hydrogen-bond acceptors (Lipinski definition) is 8. The summed E-state index contributed by atoms with van der Waals surface area (Å²) in [6, 6.07) is 11.4. The van der Waals surface area contributed by atoms with Gasteiger partial charge in [-0.15, -0.1) is 5.10 Å². The summed E-state index contributed by atoms with van der Waals surface area (Å²) in [6.45, 7) is 5.53. The third-order valence-electron chi connectivity index (χ3n) is 7.71. The largest absolute Gasteiger partial charge is 0.492 e. The molecule has 194 valence electrons. The molecule has 10 nitrogen and oxygen atoms in total. The third-order valence-corrected chi connectivity index (χ3v) is 7.71. The van der Waals surface area contributed by atoms with Crippen molar-refractivity contribution in [1.82, 2.24) is 34.7 Å². The number of pyridine rings is 3. The molecule has 0 aliphatic carbocycles. The van der Waals surface area contributed by atoms with Gasteiger partial charge in [0.05, 0.1) is 37.0 Å². The van der Waals surface area contributed by atoms with Gasteiger partial charge in [-0.05, 0) is 43.5 Å². The van der Waals surface area contributed by atoms with Crippen LogP contribution in [0.5, 0.6) is 11.6 Å². The first-order chi connectivity index (χ1) is 18.7. The number of methoxy groups -OCH3 is 1. The lowest BCUT2D eigenvalue weighted by Gasteiger charge is -2.41. The topological polar surface area (TPSA) is 96.7 Å². The van der Waals surface area contributed by atoms with Gasteiger partial charge in [-0.1, -0.05) is 6.07 Å². The van der Waals surface area contributed by atoms with Crippen molar-refractivity contribution in [2.75, 3.05) is 31.7 Å². The van der Waals surface area contributed by atoms with E-state index in [1.54, 1.807) is 7.11 Å². The number of anilines is 1. The van der Waals surface area contributed by atoms with Crippen molar-refractivity contribution in [2.45, 2.75) is 38.4 Å².